The molecule has 0 aromatic heterocycles. The molecule has 0 N–H and O–H groups in total. The van der Waals surface area contributed by atoms with Crippen molar-refractivity contribution in [3.8, 4) is 0 Å². The molecule has 39 heavy (non-hydrogen) atoms. The van der Waals surface area contributed by atoms with E-state index in [9.17, 15) is 31.1 Å². The molecule has 0 heterocycles. The van der Waals surface area contributed by atoms with Gasteiger partial charge in [-0.05, 0) is 60.0 Å². The van der Waals surface area contributed by atoms with Crippen molar-refractivity contribution >= 4 is 20.4 Å². The smallest absolute Gasteiger partial charge is 0.416 e. The standard InChI is InChI=1S/C28H34F6O4Si/c1-19(22-13-23(27(29,30)31)15-24(14-22)28(32,33)34)36-18-25(35)37-16-21(12-20-10-8-7-9-11-20)17-38-39(5,6)26(2,3)4/h7-15,19H,16-18H2,1-6H3/t19-/m1/s1. The topological polar surface area (TPSA) is 44.8 Å². The SMILES string of the molecule is C[C@@H](OCC(=O)OCC(=Cc1ccccc1)CO[Si](C)(C)C(C)(C)C)c1cc(C(F)(F)F)cc(C(F)(F)F)c1. The first-order chi connectivity index (χ1) is 17.8. The van der Waals surface area contributed by atoms with Crippen LogP contribution in [0.1, 0.15) is 56.1 Å². The largest absolute Gasteiger partial charge is 0.459 e. The van der Waals surface area contributed by atoms with Crippen LogP contribution in [0.5, 0.6) is 0 Å². The van der Waals surface area contributed by atoms with E-state index in [0.29, 0.717) is 17.7 Å². The minimum atomic E-state index is -4.98. The van der Waals surface area contributed by atoms with Crippen LogP contribution >= 0.6 is 0 Å². The monoisotopic (exact) mass is 576 g/mol. The summed E-state index contributed by atoms with van der Waals surface area (Å²) in [6, 6.07) is 10.5. The Morgan fingerprint density at radius 3 is 1.90 bits per heavy atom. The number of benzene rings is 2. The molecular weight excluding hydrogens is 542 g/mol. The fraction of sp³-hybridized carbons (Fsp3) is 0.464. The number of esters is 1. The van der Waals surface area contributed by atoms with Gasteiger partial charge >= 0.3 is 18.3 Å². The molecule has 0 saturated carbocycles. The second-order valence-corrected chi connectivity index (χ2v) is 15.5. The molecule has 4 nitrogen and oxygen atoms in total. The third-order valence-corrected chi connectivity index (χ3v) is 11.0. The van der Waals surface area contributed by atoms with Crippen molar-refractivity contribution in [3.05, 3.63) is 76.4 Å². The minimum Gasteiger partial charge on any atom is -0.459 e. The first-order valence-corrected chi connectivity index (χ1v) is 15.2. The molecule has 0 saturated heterocycles. The summed E-state index contributed by atoms with van der Waals surface area (Å²) in [5.74, 6) is -0.823. The predicted molar refractivity (Wildman–Crippen MR) is 139 cm³/mol. The quantitative estimate of drug-likeness (QED) is 0.162. The van der Waals surface area contributed by atoms with E-state index < -0.39 is 50.5 Å². The number of hydrogen-bond acceptors (Lipinski definition) is 4. The summed E-state index contributed by atoms with van der Waals surface area (Å²) >= 11 is 0. The number of carbonyl (C=O) groups excluding carboxylic acids is 1. The summed E-state index contributed by atoms with van der Waals surface area (Å²) < 4.78 is 95.8. The van der Waals surface area contributed by atoms with Crippen molar-refractivity contribution in [3.63, 3.8) is 0 Å². The van der Waals surface area contributed by atoms with Crippen molar-refractivity contribution in [1.29, 1.82) is 0 Å². The van der Waals surface area contributed by atoms with Crippen LogP contribution in [0.4, 0.5) is 26.3 Å². The molecule has 216 valence electrons. The van der Waals surface area contributed by atoms with Crippen LogP contribution in [0.15, 0.2) is 54.1 Å². The van der Waals surface area contributed by atoms with Gasteiger partial charge in [0.25, 0.3) is 0 Å². The zero-order valence-corrected chi connectivity index (χ0v) is 23.8. The Balaban J connectivity index is 2.09. The van der Waals surface area contributed by atoms with E-state index >= 15 is 0 Å². The van der Waals surface area contributed by atoms with Crippen LogP contribution in [-0.2, 0) is 31.0 Å². The average Bonchev–Trinajstić information content (AvgIpc) is 2.82. The summed E-state index contributed by atoms with van der Waals surface area (Å²) in [5, 5.41) is -0.0408. The molecule has 0 unspecified atom stereocenters. The number of carbonyl (C=O) groups is 1. The second-order valence-electron chi connectivity index (χ2n) is 10.7. The van der Waals surface area contributed by atoms with E-state index in [1.165, 1.54) is 6.92 Å². The van der Waals surface area contributed by atoms with Crippen molar-refractivity contribution in [2.75, 3.05) is 19.8 Å². The van der Waals surface area contributed by atoms with Gasteiger partial charge in [-0.3, -0.25) is 0 Å². The van der Waals surface area contributed by atoms with Crippen LogP contribution in [0, 0.1) is 0 Å². The van der Waals surface area contributed by atoms with Gasteiger partial charge in [-0.2, -0.15) is 26.3 Å². The highest BCUT2D eigenvalue weighted by atomic mass is 28.4. The molecule has 0 amide bonds. The Hall–Kier alpha value is -2.63. The van der Waals surface area contributed by atoms with Crippen LogP contribution in [0.2, 0.25) is 18.1 Å². The van der Waals surface area contributed by atoms with E-state index in [1.54, 1.807) is 0 Å². The summed E-state index contributed by atoms with van der Waals surface area (Å²) in [4.78, 5) is 12.4. The number of rotatable bonds is 10. The Bertz CT molecular complexity index is 1100. The Morgan fingerprint density at radius 1 is 0.872 bits per heavy atom. The third kappa shape index (κ3) is 10.1. The van der Waals surface area contributed by atoms with Gasteiger partial charge in [-0.25, -0.2) is 4.79 Å². The average molecular weight is 577 g/mol. The highest BCUT2D eigenvalue weighted by Crippen LogP contribution is 2.38. The second kappa shape index (κ2) is 12.7. The molecule has 2 rings (SSSR count). The van der Waals surface area contributed by atoms with Crippen molar-refractivity contribution < 1.29 is 45.0 Å². The highest BCUT2D eigenvalue weighted by molar-refractivity contribution is 6.74. The number of hydrogen-bond donors (Lipinski definition) is 0. The van der Waals surface area contributed by atoms with Gasteiger partial charge in [0.1, 0.15) is 13.2 Å². The lowest BCUT2D eigenvalue weighted by molar-refractivity contribution is -0.150. The third-order valence-electron chi connectivity index (χ3n) is 6.54. The molecule has 0 aliphatic carbocycles. The lowest BCUT2D eigenvalue weighted by atomic mass is 10.0. The fourth-order valence-electron chi connectivity index (χ4n) is 3.12. The van der Waals surface area contributed by atoms with E-state index in [-0.39, 0.29) is 29.9 Å². The first-order valence-electron chi connectivity index (χ1n) is 12.2. The predicted octanol–water partition coefficient (Wildman–Crippen LogP) is 8.45. The maximum Gasteiger partial charge on any atom is 0.416 e. The van der Waals surface area contributed by atoms with Crippen LogP contribution in [-0.4, -0.2) is 34.1 Å². The molecule has 0 radical (unpaired) electrons. The highest BCUT2D eigenvalue weighted by Gasteiger charge is 2.38. The maximum atomic E-state index is 13.2. The van der Waals surface area contributed by atoms with Crippen LogP contribution in [0.25, 0.3) is 6.08 Å². The minimum absolute atomic E-state index is 0.0387. The van der Waals surface area contributed by atoms with Gasteiger partial charge in [0.15, 0.2) is 8.32 Å². The van der Waals surface area contributed by atoms with Gasteiger partial charge < -0.3 is 13.9 Å². The van der Waals surface area contributed by atoms with Crippen molar-refractivity contribution in [2.24, 2.45) is 0 Å². The van der Waals surface area contributed by atoms with E-state index in [4.69, 9.17) is 13.9 Å². The molecule has 2 aromatic rings. The molecule has 0 spiro atoms. The maximum absolute atomic E-state index is 13.2. The summed E-state index contributed by atoms with van der Waals surface area (Å²) in [6.07, 6.45) is -9.36. The van der Waals surface area contributed by atoms with Crippen molar-refractivity contribution in [2.45, 2.75) is 64.3 Å². The summed E-state index contributed by atoms with van der Waals surface area (Å²) in [6.45, 7) is 11.2. The molecule has 1 atom stereocenters. The Labute approximate surface area is 226 Å². The number of halogens is 6. The number of alkyl halides is 6. The van der Waals surface area contributed by atoms with E-state index in [2.05, 4.69) is 33.9 Å². The lowest BCUT2D eigenvalue weighted by Gasteiger charge is -2.36. The summed E-state index contributed by atoms with van der Waals surface area (Å²) in [7, 11) is -2.11. The molecule has 0 bridgehead atoms. The van der Waals surface area contributed by atoms with Gasteiger partial charge in [-0.15, -0.1) is 0 Å². The molecule has 0 fully saturated rings. The van der Waals surface area contributed by atoms with Gasteiger partial charge in [0.2, 0.25) is 0 Å². The van der Waals surface area contributed by atoms with Gasteiger partial charge in [-0.1, -0.05) is 57.2 Å². The fourth-order valence-corrected chi connectivity index (χ4v) is 4.10. The zero-order valence-electron chi connectivity index (χ0n) is 22.8. The molecule has 0 aliphatic rings. The molecular formula is C28H34F6O4Si. The first kappa shape index (κ1) is 32.6. The van der Waals surface area contributed by atoms with Gasteiger partial charge in [0.05, 0.1) is 23.8 Å². The van der Waals surface area contributed by atoms with Crippen LogP contribution in [0.3, 0.4) is 0 Å². The Kier molecular flexibility index (Phi) is 10.6. The van der Waals surface area contributed by atoms with Crippen LogP contribution < -0.4 is 0 Å². The molecule has 2 aromatic carbocycles. The molecule has 0 aliphatic heterocycles. The zero-order chi connectivity index (χ0) is 29.6. The van der Waals surface area contributed by atoms with Crippen molar-refractivity contribution in [1.82, 2.24) is 0 Å². The Morgan fingerprint density at radius 2 is 1.41 bits per heavy atom. The van der Waals surface area contributed by atoms with E-state index in [0.717, 1.165) is 5.56 Å². The van der Waals surface area contributed by atoms with E-state index in [1.807, 2.05) is 36.4 Å². The summed E-state index contributed by atoms with van der Waals surface area (Å²) in [5.41, 5.74) is -1.72. The normalized spacial score (nSPS) is 14.3. The number of ether oxygens (including phenoxy) is 2. The van der Waals surface area contributed by atoms with Gasteiger partial charge in [0, 0.05) is 0 Å². The lowest BCUT2D eigenvalue weighted by Crippen LogP contribution is -2.41. The molecule has 11 heteroatoms.